The van der Waals surface area contributed by atoms with Crippen molar-refractivity contribution in [2.45, 2.75) is 27.0 Å². The maximum atomic E-state index is 5.05. The van der Waals surface area contributed by atoms with E-state index >= 15 is 0 Å². The highest BCUT2D eigenvalue weighted by Crippen LogP contribution is 2.13. The number of hydrogen-bond acceptors (Lipinski definition) is 3. The van der Waals surface area contributed by atoms with Gasteiger partial charge in [0.15, 0.2) is 6.23 Å². The first-order valence-electron chi connectivity index (χ1n) is 3.59. The highest BCUT2D eigenvalue weighted by atomic mass is 16.7. The van der Waals surface area contributed by atoms with Gasteiger partial charge >= 0.3 is 0 Å². The molecule has 0 aliphatic carbocycles. The van der Waals surface area contributed by atoms with Gasteiger partial charge in [0.1, 0.15) is 5.84 Å². The van der Waals surface area contributed by atoms with E-state index in [1.807, 2.05) is 18.9 Å². The predicted molar refractivity (Wildman–Crippen MR) is 40.6 cm³/mol. The van der Waals surface area contributed by atoms with Crippen molar-refractivity contribution in [1.29, 1.82) is 0 Å². The summed E-state index contributed by atoms with van der Waals surface area (Å²) < 4.78 is 0. The molecular weight excluding hydrogens is 128 g/mol. The molecule has 0 spiro atoms. The third-order valence-electron chi connectivity index (χ3n) is 1.72. The molecule has 58 valence electrons. The second-order valence-electron chi connectivity index (χ2n) is 2.92. The highest BCUT2D eigenvalue weighted by molar-refractivity contribution is 5.84. The molecule has 1 aliphatic rings. The van der Waals surface area contributed by atoms with Crippen molar-refractivity contribution in [3.05, 3.63) is 0 Å². The molecule has 0 N–H and O–H groups in total. The van der Waals surface area contributed by atoms with Gasteiger partial charge in [-0.1, -0.05) is 19.0 Å². The monoisotopic (exact) mass is 142 g/mol. The fraction of sp³-hybridized carbons (Fsp3) is 0.857. The smallest absolute Gasteiger partial charge is 0.198 e. The molecule has 0 saturated carbocycles. The van der Waals surface area contributed by atoms with Crippen LogP contribution in [0.2, 0.25) is 0 Å². The molecule has 0 fully saturated rings. The third-order valence-corrected chi connectivity index (χ3v) is 1.72. The zero-order valence-electron chi connectivity index (χ0n) is 6.96. The molecule has 1 rings (SSSR count). The van der Waals surface area contributed by atoms with Gasteiger partial charge in [-0.15, -0.1) is 0 Å². The van der Waals surface area contributed by atoms with Gasteiger partial charge in [0.2, 0.25) is 0 Å². The van der Waals surface area contributed by atoms with Crippen molar-refractivity contribution in [3.63, 3.8) is 0 Å². The Morgan fingerprint density at radius 2 is 2.20 bits per heavy atom. The lowest BCUT2D eigenvalue weighted by atomic mass is 10.2. The van der Waals surface area contributed by atoms with Crippen LogP contribution in [-0.4, -0.2) is 24.0 Å². The van der Waals surface area contributed by atoms with Crippen molar-refractivity contribution in [2.75, 3.05) is 7.05 Å². The van der Waals surface area contributed by atoms with Gasteiger partial charge < -0.3 is 9.74 Å². The first-order chi connectivity index (χ1) is 4.63. The Hall–Kier alpha value is -0.730. The summed E-state index contributed by atoms with van der Waals surface area (Å²) in [7, 11) is 2.00. The average molecular weight is 142 g/mol. The van der Waals surface area contributed by atoms with Crippen LogP contribution in [0.1, 0.15) is 20.8 Å². The normalized spacial score (nSPS) is 25.1. The lowest BCUT2D eigenvalue weighted by Crippen LogP contribution is -2.32. The van der Waals surface area contributed by atoms with Crippen LogP contribution in [0.3, 0.4) is 0 Å². The second-order valence-corrected chi connectivity index (χ2v) is 2.92. The number of nitrogens with zero attached hydrogens (tertiary/aromatic N) is 2. The van der Waals surface area contributed by atoms with Gasteiger partial charge in [-0.05, 0) is 6.92 Å². The minimum absolute atomic E-state index is 0.109. The Balaban J connectivity index is 2.62. The van der Waals surface area contributed by atoms with E-state index in [2.05, 4.69) is 19.0 Å². The summed E-state index contributed by atoms with van der Waals surface area (Å²) in [5.41, 5.74) is 0. The molecule has 1 aliphatic heterocycles. The standard InChI is InChI=1S/C7H14N2O/c1-5(2)7-8-10-6(3)9(7)4/h5-6H,1-4H3. The van der Waals surface area contributed by atoms with E-state index in [1.165, 1.54) is 0 Å². The summed E-state index contributed by atoms with van der Waals surface area (Å²) in [5.74, 6) is 1.49. The van der Waals surface area contributed by atoms with Crippen molar-refractivity contribution >= 4 is 5.84 Å². The molecule has 3 heteroatoms. The van der Waals surface area contributed by atoms with Crippen LogP contribution < -0.4 is 0 Å². The molecule has 0 radical (unpaired) electrons. The Morgan fingerprint density at radius 1 is 1.60 bits per heavy atom. The summed E-state index contributed by atoms with van der Waals surface area (Å²) >= 11 is 0. The number of rotatable bonds is 1. The summed E-state index contributed by atoms with van der Waals surface area (Å²) in [6.45, 7) is 6.20. The molecule has 1 unspecified atom stereocenters. The van der Waals surface area contributed by atoms with Crippen LogP contribution in [0, 0.1) is 5.92 Å². The molecule has 10 heavy (non-hydrogen) atoms. The van der Waals surface area contributed by atoms with Gasteiger partial charge in [-0.25, -0.2) is 0 Å². The van der Waals surface area contributed by atoms with Crippen molar-refractivity contribution in [3.8, 4) is 0 Å². The summed E-state index contributed by atoms with van der Waals surface area (Å²) in [4.78, 5) is 7.10. The van der Waals surface area contributed by atoms with Crippen molar-refractivity contribution < 1.29 is 4.84 Å². The Bertz CT molecular complexity index is 154. The largest absolute Gasteiger partial charge is 0.369 e. The van der Waals surface area contributed by atoms with Crippen LogP contribution in [0.5, 0.6) is 0 Å². The van der Waals surface area contributed by atoms with E-state index < -0.39 is 0 Å². The fourth-order valence-corrected chi connectivity index (χ4v) is 0.964. The van der Waals surface area contributed by atoms with Gasteiger partial charge in [-0.3, -0.25) is 0 Å². The van der Waals surface area contributed by atoms with E-state index in [0.29, 0.717) is 5.92 Å². The zero-order chi connectivity index (χ0) is 7.72. The number of hydrogen-bond donors (Lipinski definition) is 0. The number of oxime groups is 1. The minimum atomic E-state index is 0.109. The fourth-order valence-electron chi connectivity index (χ4n) is 0.964. The molecule has 3 nitrogen and oxygen atoms in total. The molecule has 0 bridgehead atoms. The summed E-state index contributed by atoms with van der Waals surface area (Å²) in [5, 5.41) is 3.94. The maximum absolute atomic E-state index is 5.05. The Labute approximate surface area is 61.6 Å². The first-order valence-corrected chi connectivity index (χ1v) is 3.59. The molecular formula is C7H14N2O. The topological polar surface area (TPSA) is 24.8 Å². The van der Waals surface area contributed by atoms with Crippen molar-refractivity contribution in [2.24, 2.45) is 11.1 Å². The summed E-state index contributed by atoms with van der Waals surface area (Å²) in [6, 6.07) is 0. The lowest BCUT2D eigenvalue weighted by molar-refractivity contribution is 0.0351. The molecule has 1 atom stereocenters. The highest BCUT2D eigenvalue weighted by Gasteiger charge is 2.23. The van der Waals surface area contributed by atoms with Crippen LogP contribution in [0.15, 0.2) is 5.16 Å². The molecule has 0 aromatic rings. The molecule has 0 amide bonds. The first kappa shape index (κ1) is 7.38. The number of amidine groups is 1. The van der Waals surface area contributed by atoms with E-state index in [4.69, 9.17) is 4.84 Å². The SMILES string of the molecule is CC(C)C1=NOC(C)N1C. The van der Waals surface area contributed by atoms with Crippen LogP contribution >= 0.6 is 0 Å². The molecule has 0 aromatic carbocycles. The Kier molecular flexibility index (Phi) is 1.83. The van der Waals surface area contributed by atoms with Crippen LogP contribution in [0.25, 0.3) is 0 Å². The minimum Gasteiger partial charge on any atom is -0.369 e. The van der Waals surface area contributed by atoms with Gasteiger partial charge in [-0.2, -0.15) is 0 Å². The van der Waals surface area contributed by atoms with Crippen LogP contribution in [0.4, 0.5) is 0 Å². The van der Waals surface area contributed by atoms with Gasteiger partial charge in [0.05, 0.1) is 0 Å². The zero-order valence-corrected chi connectivity index (χ0v) is 6.96. The van der Waals surface area contributed by atoms with E-state index in [9.17, 15) is 0 Å². The van der Waals surface area contributed by atoms with Crippen LogP contribution in [-0.2, 0) is 4.84 Å². The van der Waals surface area contributed by atoms with E-state index in [1.54, 1.807) is 0 Å². The quantitative estimate of drug-likeness (QED) is 0.550. The molecule has 1 heterocycles. The molecule has 0 saturated heterocycles. The summed E-state index contributed by atoms with van der Waals surface area (Å²) in [6.07, 6.45) is 0.109. The third kappa shape index (κ3) is 1.08. The Morgan fingerprint density at radius 3 is 2.40 bits per heavy atom. The van der Waals surface area contributed by atoms with E-state index in [0.717, 1.165) is 5.84 Å². The lowest BCUT2D eigenvalue weighted by Gasteiger charge is -2.17. The second kappa shape index (κ2) is 2.48. The van der Waals surface area contributed by atoms with Gasteiger partial charge in [0.25, 0.3) is 0 Å². The predicted octanol–water partition coefficient (Wildman–Crippen LogP) is 1.26. The van der Waals surface area contributed by atoms with Gasteiger partial charge in [0, 0.05) is 13.0 Å². The van der Waals surface area contributed by atoms with E-state index in [-0.39, 0.29) is 6.23 Å². The maximum Gasteiger partial charge on any atom is 0.198 e. The average Bonchev–Trinajstić information content (AvgIpc) is 2.14. The van der Waals surface area contributed by atoms with Crippen molar-refractivity contribution in [1.82, 2.24) is 4.90 Å². The molecule has 0 aromatic heterocycles.